The maximum Gasteiger partial charge on any atom is 0.327 e. The molecule has 188 valence electrons. The first kappa shape index (κ1) is 30.1. The summed E-state index contributed by atoms with van der Waals surface area (Å²) >= 11 is 3.88. The second kappa shape index (κ2) is 15.1. The van der Waals surface area contributed by atoms with Crippen LogP contribution in [0, 0.1) is 5.92 Å². The summed E-state index contributed by atoms with van der Waals surface area (Å²) in [5, 5.41) is 25.2. The molecule has 14 heteroatoms. The van der Waals surface area contributed by atoms with E-state index in [2.05, 4.69) is 28.6 Å². The molecule has 0 saturated heterocycles. The monoisotopic (exact) mass is 491 g/mol. The topological polar surface area (TPSA) is 231 Å². The highest BCUT2D eigenvalue weighted by molar-refractivity contribution is 7.80. The quantitative estimate of drug-likeness (QED) is 0.111. The molecule has 33 heavy (non-hydrogen) atoms. The standard InChI is InChI=1S/C19H33N5O8S/c1-3-9(2)15(18(30)23-12(8-33)19(31)32)24-17(29)11(5-7-14(26)27)22-16(28)10(20)4-6-13(21)25/h9-12,15,33H,3-8,20H2,1-2H3,(H2,21,25)(H,22,28)(H,23,30)(H,24,29)(H,26,27)(H,31,32). The highest BCUT2D eigenvalue weighted by Crippen LogP contribution is 2.10. The Labute approximate surface area is 196 Å². The molecule has 5 atom stereocenters. The van der Waals surface area contributed by atoms with Crippen LogP contribution in [0.1, 0.15) is 46.0 Å². The number of nitrogens with two attached hydrogens (primary N) is 2. The normalized spacial score (nSPS) is 15.3. The van der Waals surface area contributed by atoms with E-state index >= 15 is 0 Å². The molecule has 0 aromatic carbocycles. The summed E-state index contributed by atoms with van der Waals surface area (Å²) in [4.78, 5) is 70.9. The highest BCUT2D eigenvalue weighted by atomic mass is 32.1. The van der Waals surface area contributed by atoms with Crippen LogP contribution in [0.25, 0.3) is 0 Å². The number of aliphatic carboxylic acids is 2. The molecule has 0 aromatic rings. The van der Waals surface area contributed by atoms with Crippen molar-refractivity contribution >= 4 is 48.2 Å². The summed E-state index contributed by atoms with van der Waals surface area (Å²) in [6.45, 7) is 3.41. The van der Waals surface area contributed by atoms with E-state index < -0.39 is 72.1 Å². The van der Waals surface area contributed by atoms with Crippen LogP contribution >= 0.6 is 12.6 Å². The number of primary amides is 1. The lowest BCUT2D eigenvalue weighted by atomic mass is 9.97. The third-order valence-electron chi connectivity index (χ3n) is 4.91. The molecule has 9 N–H and O–H groups in total. The molecule has 0 saturated carbocycles. The lowest BCUT2D eigenvalue weighted by Gasteiger charge is -2.27. The second-order valence-electron chi connectivity index (χ2n) is 7.56. The maximum atomic E-state index is 12.9. The number of rotatable bonds is 16. The summed E-state index contributed by atoms with van der Waals surface area (Å²) in [5.74, 6) is -6.18. The van der Waals surface area contributed by atoms with Gasteiger partial charge in [-0.25, -0.2) is 4.79 Å². The molecule has 0 aliphatic carbocycles. The Bertz CT molecular complexity index is 735. The summed E-state index contributed by atoms with van der Waals surface area (Å²) in [6, 6.07) is -4.95. The highest BCUT2D eigenvalue weighted by Gasteiger charge is 2.32. The minimum absolute atomic E-state index is 0.0767. The molecule has 0 aliphatic rings. The Morgan fingerprint density at radius 2 is 1.45 bits per heavy atom. The number of carbonyl (C=O) groups is 6. The van der Waals surface area contributed by atoms with Crippen LogP contribution in [0.2, 0.25) is 0 Å². The fourth-order valence-electron chi connectivity index (χ4n) is 2.65. The van der Waals surface area contributed by atoms with Gasteiger partial charge in [-0.1, -0.05) is 20.3 Å². The van der Waals surface area contributed by atoms with Crippen LogP contribution in [-0.2, 0) is 28.8 Å². The molecule has 0 bridgehead atoms. The van der Waals surface area contributed by atoms with E-state index in [1.54, 1.807) is 13.8 Å². The Hall–Kier alpha value is -2.87. The minimum Gasteiger partial charge on any atom is -0.481 e. The lowest BCUT2D eigenvalue weighted by molar-refractivity contribution is -0.142. The Balaban J connectivity index is 5.51. The minimum atomic E-state index is -1.34. The number of hydrogen-bond donors (Lipinski definition) is 8. The zero-order valence-electron chi connectivity index (χ0n) is 18.6. The molecule has 0 rings (SSSR count). The van der Waals surface area contributed by atoms with E-state index in [0.29, 0.717) is 6.42 Å². The fraction of sp³-hybridized carbons (Fsp3) is 0.684. The van der Waals surface area contributed by atoms with Crippen molar-refractivity contribution in [3.05, 3.63) is 0 Å². The van der Waals surface area contributed by atoms with Gasteiger partial charge in [0.15, 0.2) is 0 Å². The van der Waals surface area contributed by atoms with E-state index in [1.807, 2.05) is 0 Å². The molecule has 0 fully saturated rings. The molecule has 5 unspecified atom stereocenters. The third kappa shape index (κ3) is 11.5. The van der Waals surface area contributed by atoms with Gasteiger partial charge in [-0.3, -0.25) is 24.0 Å². The van der Waals surface area contributed by atoms with Crippen LogP contribution in [0.15, 0.2) is 0 Å². The predicted molar refractivity (Wildman–Crippen MR) is 120 cm³/mol. The third-order valence-corrected chi connectivity index (χ3v) is 5.27. The zero-order valence-corrected chi connectivity index (χ0v) is 19.5. The van der Waals surface area contributed by atoms with Crippen molar-refractivity contribution < 1.29 is 39.0 Å². The molecule has 0 heterocycles. The van der Waals surface area contributed by atoms with Crippen molar-refractivity contribution in [3.63, 3.8) is 0 Å². The van der Waals surface area contributed by atoms with Crippen LogP contribution < -0.4 is 27.4 Å². The maximum absolute atomic E-state index is 12.9. The number of hydrogen-bond acceptors (Lipinski definition) is 8. The van der Waals surface area contributed by atoms with Crippen molar-refractivity contribution in [3.8, 4) is 0 Å². The average Bonchev–Trinajstić information content (AvgIpc) is 2.75. The van der Waals surface area contributed by atoms with Gasteiger partial charge < -0.3 is 37.6 Å². The summed E-state index contributed by atoms with van der Waals surface area (Å²) < 4.78 is 0. The van der Waals surface area contributed by atoms with Gasteiger partial charge >= 0.3 is 11.9 Å². The Kier molecular flexibility index (Phi) is 13.7. The molecule has 0 aliphatic heterocycles. The van der Waals surface area contributed by atoms with E-state index in [9.17, 15) is 28.8 Å². The number of carboxylic acids is 2. The van der Waals surface area contributed by atoms with Gasteiger partial charge in [0.1, 0.15) is 18.1 Å². The predicted octanol–water partition coefficient (Wildman–Crippen LogP) is -2.04. The van der Waals surface area contributed by atoms with Crippen molar-refractivity contribution in [2.45, 2.75) is 70.1 Å². The van der Waals surface area contributed by atoms with Gasteiger partial charge in [-0.15, -0.1) is 0 Å². The van der Waals surface area contributed by atoms with Gasteiger partial charge in [-0.05, 0) is 18.8 Å². The van der Waals surface area contributed by atoms with Crippen LogP contribution in [0.5, 0.6) is 0 Å². The molecule has 0 spiro atoms. The Morgan fingerprint density at radius 3 is 1.91 bits per heavy atom. The van der Waals surface area contributed by atoms with E-state index in [0.717, 1.165) is 0 Å². The molecule has 4 amide bonds. The first-order chi connectivity index (χ1) is 15.3. The van der Waals surface area contributed by atoms with Crippen molar-refractivity contribution in [2.75, 3.05) is 5.75 Å². The molecular formula is C19H33N5O8S. The SMILES string of the molecule is CCC(C)C(NC(=O)C(CCC(=O)O)NC(=O)C(N)CCC(N)=O)C(=O)NC(CS)C(=O)O. The largest absolute Gasteiger partial charge is 0.481 e. The molecule has 0 radical (unpaired) electrons. The number of thiol groups is 1. The summed E-state index contributed by atoms with van der Waals surface area (Å²) in [7, 11) is 0. The van der Waals surface area contributed by atoms with Gasteiger partial charge in [0, 0.05) is 18.6 Å². The molecule has 0 aromatic heterocycles. The van der Waals surface area contributed by atoms with Crippen molar-refractivity contribution in [1.82, 2.24) is 16.0 Å². The van der Waals surface area contributed by atoms with E-state index in [1.165, 1.54) is 0 Å². The van der Waals surface area contributed by atoms with Crippen molar-refractivity contribution in [1.29, 1.82) is 0 Å². The number of carbonyl (C=O) groups excluding carboxylic acids is 4. The van der Waals surface area contributed by atoms with Gasteiger partial charge in [0.25, 0.3) is 0 Å². The lowest BCUT2D eigenvalue weighted by Crippen LogP contribution is -2.59. The van der Waals surface area contributed by atoms with Gasteiger partial charge in [0.05, 0.1) is 6.04 Å². The van der Waals surface area contributed by atoms with Crippen LogP contribution in [0.4, 0.5) is 0 Å². The number of amides is 4. The molecular weight excluding hydrogens is 458 g/mol. The van der Waals surface area contributed by atoms with Gasteiger partial charge in [-0.2, -0.15) is 12.6 Å². The van der Waals surface area contributed by atoms with Crippen LogP contribution in [0.3, 0.4) is 0 Å². The fourth-order valence-corrected chi connectivity index (χ4v) is 2.89. The number of nitrogens with one attached hydrogen (secondary N) is 3. The first-order valence-electron chi connectivity index (χ1n) is 10.3. The zero-order chi connectivity index (χ0) is 25.7. The van der Waals surface area contributed by atoms with Crippen molar-refractivity contribution in [2.24, 2.45) is 17.4 Å². The first-order valence-corrected chi connectivity index (χ1v) is 11.0. The molecule has 13 nitrogen and oxygen atoms in total. The van der Waals surface area contributed by atoms with E-state index in [-0.39, 0.29) is 25.0 Å². The second-order valence-corrected chi connectivity index (χ2v) is 7.92. The van der Waals surface area contributed by atoms with Gasteiger partial charge in [0.2, 0.25) is 23.6 Å². The van der Waals surface area contributed by atoms with E-state index in [4.69, 9.17) is 21.7 Å². The average molecular weight is 492 g/mol. The smallest absolute Gasteiger partial charge is 0.327 e. The summed E-state index contributed by atoms with van der Waals surface area (Å²) in [6.07, 6.45) is -0.547. The van der Waals surface area contributed by atoms with Crippen LogP contribution in [-0.4, -0.2) is 75.7 Å². The number of carboxylic acid groups (broad SMARTS) is 2. The Morgan fingerprint density at radius 1 is 0.879 bits per heavy atom. The summed E-state index contributed by atoms with van der Waals surface area (Å²) in [5.41, 5.74) is 10.7.